The third-order valence-corrected chi connectivity index (χ3v) is 2.30. The van der Waals surface area contributed by atoms with Crippen LogP contribution >= 0.6 is 0 Å². The second-order valence-corrected chi connectivity index (χ2v) is 3.85. The molecule has 1 aromatic heterocycles. The molecule has 2 aromatic rings. The van der Waals surface area contributed by atoms with Gasteiger partial charge in [-0.05, 0) is 13.0 Å². The van der Waals surface area contributed by atoms with Gasteiger partial charge in [0.15, 0.2) is 0 Å². The number of hydrogen-bond donors (Lipinski definition) is 2. The molecule has 18 heavy (non-hydrogen) atoms. The number of anilines is 2. The molecule has 0 spiro atoms. The summed E-state index contributed by atoms with van der Waals surface area (Å²) in [4.78, 5) is 10.2. The zero-order valence-corrected chi connectivity index (χ0v) is 9.71. The summed E-state index contributed by atoms with van der Waals surface area (Å²) >= 11 is 0. The zero-order chi connectivity index (χ0) is 13.1. The van der Waals surface area contributed by atoms with Crippen molar-refractivity contribution in [2.24, 2.45) is 0 Å². The highest BCUT2D eigenvalue weighted by Crippen LogP contribution is 2.22. The Bertz CT molecular complexity index is 579. The summed E-state index contributed by atoms with van der Waals surface area (Å²) < 4.78 is 4.92. The minimum absolute atomic E-state index is 0.0474. The molecule has 1 heterocycles. The van der Waals surface area contributed by atoms with Gasteiger partial charge in [0.2, 0.25) is 0 Å². The van der Waals surface area contributed by atoms with E-state index >= 15 is 0 Å². The molecule has 1 aromatic carbocycles. The van der Waals surface area contributed by atoms with Crippen LogP contribution in [0.3, 0.4) is 0 Å². The van der Waals surface area contributed by atoms with Gasteiger partial charge in [-0.2, -0.15) is 0 Å². The number of nitrogens with one attached hydrogen (secondary N) is 1. The molecule has 0 unspecified atom stereocenters. The van der Waals surface area contributed by atoms with Crippen molar-refractivity contribution in [3.05, 3.63) is 45.8 Å². The number of nitrogens with two attached hydrogens (primary N) is 1. The number of non-ortho nitro benzene ring substituents is 1. The number of nitro benzene ring substituents is 1. The van der Waals surface area contributed by atoms with Crippen molar-refractivity contribution in [2.45, 2.75) is 13.5 Å². The van der Waals surface area contributed by atoms with Crippen molar-refractivity contribution < 1.29 is 9.45 Å². The van der Waals surface area contributed by atoms with Crippen LogP contribution in [0.25, 0.3) is 0 Å². The van der Waals surface area contributed by atoms with Crippen LogP contribution in [-0.2, 0) is 6.54 Å². The van der Waals surface area contributed by atoms with Gasteiger partial charge in [0.25, 0.3) is 5.69 Å². The molecule has 7 nitrogen and oxygen atoms in total. The monoisotopic (exact) mass is 248 g/mol. The molecule has 0 bridgehead atoms. The molecule has 0 aliphatic heterocycles. The van der Waals surface area contributed by atoms with E-state index in [9.17, 15) is 10.1 Å². The second-order valence-electron chi connectivity index (χ2n) is 3.85. The van der Waals surface area contributed by atoms with Crippen molar-refractivity contribution in [3.8, 4) is 0 Å². The Balaban J connectivity index is 2.11. The molecule has 94 valence electrons. The summed E-state index contributed by atoms with van der Waals surface area (Å²) in [5.41, 5.74) is 7.17. The maximum Gasteiger partial charge on any atom is 0.273 e. The highest BCUT2D eigenvalue weighted by molar-refractivity contribution is 5.61. The third kappa shape index (κ3) is 2.76. The lowest BCUT2D eigenvalue weighted by Crippen LogP contribution is -2.01. The van der Waals surface area contributed by atoms with Crippen LogP contribution in [-0.4, -0.2) is 10.1 Å². The quantitative estimate of drug-likeness (QED) is 0.487. The molecule has 0 fully saturated rings. The first-order chi connectivity index (χ1) is 8.54. The van der Waals surface area contributed by atoms with E-state index in [0.717, 1.165) is 5.69 Å². The van der Waals surface area contributed by atoms with Gasteiger partial charge >= 0.3 is 0 Å². The molecule has 0 saturated heterocycles. The molecule has 0 amide bonds. The summed E-state index contributed by atoms with van der Waals surface area (Å²) in [7, 11) is 0. The van der Waals surface area contributed by atoms with E-state index in [1.807, 2.05) is 0 Å². The van der Waals surface area contributed by atoms with Gasteiger partial charge in [-0.25, -0.2) is 0 Å². The van der Waals surface area contributed by atoms with Gasteiger partial charge in [-0.15, -0.1) is 0 Å². The van der Waals surface area contributed by atoms with E-state index in [4.69, 9.17) is 10.3 Å². The first kappa shape index (κ1) is 11.9. The Morgan fingerprint density at radius 1 is 1.44 bits per heavy atom. The molecule has 3 N–H and O–H groups in total. The number of aromatic nitrogens is 1. The van der Waals surface area contributed by atoms with E-state index < -0.39 is 4.92 Å². The Labute approximate surface area is 103 Å². The fraction of sp³-hybridized carbons (Fsp3) is 0.182. The number of hydrogen-bond acceptors (Lipinski definition) is 6. The van der Waals surface area contributed by atoms with Crippen LogP contribution in [0.2, 0.25) is 0 Å². The number of nitro groups is 1. The van der Waals surface area contributed by atoms with Gasteiger partial charge in [0.1, 0.15) is 11.5 Å². The van der Waals surface area contributed by atoms with Crippen molar-refractivity contribution in [3.63, 3.8) is 0 Å². The van der Waals surface area contributed by atoms with E-state index in [2.05, 4.69) is 10.5 Å². The van der Waals surface area contributed by atoms with Gasteiger partial charge in [-0.1, -0.05) is 5.16 Å². The van der Waals surface area contributed by atoms with Crippen LogP contribution in [0.5, 0.6) is 0 Å². The Hall–Kier alpha value is -2.57. The molecular formula is C11H12N4O3. The smallest absolute Gasteiger partial charge is 0.273 e. The first-order valence-electron chi connectivity index (χ1n) is 5.25. The minimum atomic E-state index is -0.484. The van der Waals surface area contributed by atoms with Crippen LogP contribution in [0, 0.1) is 17.0 Å². The first-order valence-corrected chi connectivity index (χ1v) is 5.25. The van der Waals surface area contributed by atoms with Gasteiger partial charge in [-0.3, -0.25) is 10.1 Å². The maximum absolute atomic E-state index is 10.7. The molecule has 0 aliphatic rings. The van der Waals surface area contributed by atoms with Gasteiger partial charge < -0.3 is 15.6 Å². The largest absolute Gasteiger partial charge is 0.398 e. The number of benzene rings is 1. The molecule has 2 rings (SSSR count). The van der Waals surface area contributed by atoms with Crippen molar-refractivity contribution in [2.75, 3.05) is 11.1 Å². The highest BCUT2D eigenvalue weighted by Gasteiger charge is 2.08. The number of nitrogens with zero attached hydrogens (tertiary/aromatic N) is 2. The third-order valence-electron chi connectivity index (χ3n) is 2.30. The Morgan fingerprint density at radius 3 is 2.83 bits per heavy atom. The van der Waals surface area contributed by atoms with Crippen molar-refractivity contribution in [1.29, 1.82) is 0 Å². The van der Waals surface area contributed by atoms with Crippen molar-refractivity contribution >= 4 is 17.1 Å². The van der Waals surface area contributed by atoms with Gasteiger partial charge in [0.05, 0.1) is 11.5 Å². The molecular weight excluding hydrogens is 236 g/mol. The average molecular weight is 248 g/mol. The fourth-order valence-corrected chi connectivity index (χ4v) is 1.54. The van der Waals surface area contributed by atoms with E-state index in [-0.39, 0.29) is 5.69 Å². The van der Waals surface area contributed by atoms with Crippen LogP contribution in [0.4, 0.5) is 17.1 Å². The summed E-state index contributed by atoms with van der Waals surface area (Å²) in [6.45, 7) is 2.21. The lowest BCUT2D eigenvalue weighted by molar-refractivity contribution is -0.384. The summed E-state index contributed by atoms with van der Waals surface area (Å²) in [5, 5.41) is 17.5. The van der Waals surface area contributed by atoms with Crippen LogP contribution in [0.15, 0.2) is 28.8 Å². The highest BCUT2D eigenvalue weighted by atomic mass is 16.6. The molecule has 0 saturated carbocycles. The topological polar surface area (TPSA) is 107 Å². The molecule has 7 heteroatoms. The molecule has 0 aliphatic carbocycles. The Morgan fingerprint density at radius 2 is 2.22 bits per heavy atom. The summed E-state index contributed by atoms with van der Waals surface area (Å²) in [5.74, 6) is 0.713. The van der Waals surface area contributed by atoms with E-state index in [1.165, 1.54) is 12.1 Å². The lowest BCUT2D eigenvalue weighted by atomic mass is 10.2. The standard InChI is InChI=1S/C11H12N4O3/c1-7-2-10(14-18-7)6-13-9-3-8(12)4-11(5-9)15(16)17/h2-5,13H,6,12H2,1H3. The number of rotatable bonds is 4. The predicted octanol–water partition coefficient (Wildman–Crippen LogP) is 2.09. The predicted molar refractivity (Wildman–Crippen MR) is 66.1 cm³/mol. The number of aryl methyl sites for hydroxylation is 1. The average Bonchev–Trinajstić information content (AvgIpc) is 2.72. The summed E-state index contributed by atoms with van der Waals surface area (Å²) in [6.07, 6.45) is 0. The Kier molecular flexibility index (Phi) is 3.13. The SMILES string of the molecule is Cc1cc(CNc2cc(N)cc([N+](=O)[O-])c2)no1. The second kappa shape index (κ2) is 4.74. The van der Waals surface area contributed by atoms with E-state index in [0.29, 0.717) is 23.7 Å². The molecule has 0 atom stereocenters. The van der Waals surface area contributed by atoms with Crippen LogP contribution < -0.4 is 11.1 Å². The van der Waals surface area contributed by atoms with Crippen LogP contribution in [0.1, 0.15) is 11.5 Å². The summed E-state index contributed by atoms with van der Waals surface area (Å²) in [6, 6.07) is 6.14. The fourth-order valence-electron chi connectivity index (χ4n) is 1.54. The van der Waals surface area contributed by atoms with E-state index in [1.54, 1.807) is 19.1 Å². The molecule has 0 radical (unpaired) electrons. The lowest BCUT2D eigenvalue weighted by Gasteiger charge is -2.05. The normalized spacial score (nSPS) is 10.3. The maximum atomic E-state index is 10.7. The van der Waals surface area contributed by atoms with Crippen molar-refractivity contribution in [1.82, 2.24) is 5.16 Å². The minimum Gasteiger partial charge on any atom is -0.398 e. The number of nitrogen functional groups attached to an aromatic ring is 1. The zero-order valence-electron chi connectivity index (χ0n) is 9.71. The van der Waals surface area contributed by atoms with Gasteiger partial charge in [0, 0.05) is 29.6 Å².